The van der Waals surface area contributed by atoms with Crippen molar-refractivity contribution in [3.63, 3.8) is 0 Å². The molecule has 1 heterocycles. The molecule has 1 aliphatic heterocycles. The van der Waals surface area contributed by atoms with Crippen molar-refractivity contribution in [3.8, 4) is 5.75 Å². The number of rotatable bonds is 4. The van der Waals surface area contributed by atoms with Crippen molar-refractivity contribution >= 4 is 11.8 Å². The summed E-state index contributed by atoms with van der Waals surface area (Å²) in [4.78, 5) is 24.0. The van der Waals surface area contributed by atoms with Gasteiger partial charge in [0.25, 0.3) is 0 Å². The number of ether oxygens (including phenoxy) is 2. The first-order chi connectivity index (χ1) is 9.47. The zero-order chi connectivity index (χ0) is 14.9. The standard InChI is InChI=1S/C16H18O4/c1-5-11-8-13(17)20-16(11)14(18)12-7-9(2)6-10(3)15(12)19-4/h5-7,11,16H,1,8H2,2-4H3/t11-,16+/m1/s1. The van der Waals surface area contributed by atoms with E-state index in [1.54, 1.807) is 12.1 Å². The fourth-order valence-corrected chi connectivity index (χ4v) is 2.59. The van der Waals surface area contributed by atoms with Crippen molar-refractivity contribution in [2.45, 2.75) is 26.4 Å². The van der Waals surface area contributed by atoms with Crippen LogP contribution in [0.4, 0.5) is 0 Å². The second-order valence-corrected chi connectivity index (χ2v) is 5.04. The lowest BCUT2D eigenvalue weighted by molar-refractivity contribution is -0.140. The highest BCUT2D eigenvalue weighted by Gasteiger charge is 2.39. The van der Waals surface area contributed by atoms with Crippen LogP contribution in [0.2, 0.25) is 0 Å². The minimum Gasteiger partial charge on any atom is -0.496 e. The molecule has 0 N–H and O–H groups in total. The van der Waals surface area contributed by atoms with Gasteiger partial charge in [-0.25, -0.2) is 0 Å². The van der Waals surface area contributed by atoms with Gasteiger partial charge < -0.3 is 9.47 Å². The van der Waals surface area contributed by atoms with E-state index in [0.717, 1.165) is 11.1 Å². The zero-order valence-corrected chi connectivity index (χ0v) is 11.9. The van der Waals surface area contributed by atoms with Crippen LogP contribution in [0.5, 0.6) is 5.75 Å². The molecule has 106 valence electrons. The van der Waals surface area contributed by atoms with Crippen LogP contribution in [0.1, 0.15) is 27.9 Å². The van der Waals surface area contributed by atoms with Crippen molar-refractivity contribution in [1.82, 2.24) is 0 Å². The Balaban J connectivity index is 2.43. The van der Waals surface area contributed by atoms with Gasteiger partial charge >= 0.3 is 5.97 Å². The van der Waals surface area contributed by atoms with Crippen molar-refractivity contribution < 1.29 is 19.1 Å². The summed E-state index contributed by atoms with van der Waals surface area (Å²) in [7, 11) is 1.53. The number of cyclic esters (lactones) is 1. The number of carbonyl (C=O) groups excluding carboxylic acids is 2. The molecule has 1 aromatic carbocycles. The smallest absolute Gasteiger partial charge is 0.307 e. The Hall–Kier alpha value is -2.10. The molecule has 0 radical (unpaired) electrons. The number of Topliss-reactive ketones (excluding diaryl/α,β-unsaturated/α-hetero) is 1. The van der Waals surface area contributed by atoms with Crippen LogP contribution in [0.25, 0.3) is 0 Å². The summed E-state index contributed by atoms with van der Waals surface area (Å²) in [5.74, 6) is -0.340. The molecule has 0 spiro atoms. The Kier molecular flexibility index (Phi) is 3.93. The van der Waals surface area contributed by atoms with E-state index in [2.05, 4.69) is 6.58 Å². The lowest BCUT2D eigenvalue weighted by atomic mass is 9.92. The van der Waals surface area contributed by atoms with Crippen LogP contribution in [0.15, 0.2) is 24.8 Å². The number of methoxy groups -OCH3 is 1. The largest absolute Gasteiger partial charge is 0.496 e. The number of aryl methyl sites for hydroxylation is 2. The molecule has 20 heavy (non-hydrogen) atoms. The van der Waals surface area contributed by atoms with Crippen LogP contribution in [-0.4, -0.2) is 25.0 Å². The first-order valence-electron chi connectivity index (χ1n) is 6.49. The van der Waals surface area contributed by atoms with Gasteiger partial charge in [-0.05, 0) is 31.0 Å². The molecule has 0 aliphatic carbocycles. The molecule has 0 aromatic heterocycles. The molecule has 1 aromatic rings. The van der Waals surface area contributed by atoms with Gasteiger partial charge in [-0.2, -0.15) is 0 Å². The van der Waals surface area contributed by atoms with E-state index in [0.29, 0.717) is 11.3 Å². The molecule has 1 saturated heterocycles. The first-order valence-corrected chi connectivity index (χ1v) is 6.49. The number of carbonyl (C=O) groups is 2. The third-order valence-electron chi connectivity index (χ3n) is 3.50. The summed E-state index contributed by atoms with van der Waals surface area (Å²) in [5.41, 5.74) is 2.30. The van der Waals surface area contributed by atoms with Gasteiger partial charge in [0.1, 0.15) is 5.75 Å². The number of hydrogen-bond donors (Lipinski definition) is 0. The Morgan fingerprint density at radius 1 is 1.45 bits per heavy atom. The second-order valence-electron chi connectivity index (χ2n) is 5.04. The van der Waals surface area contributed by atoms with Crippen LogP contribution in [0, 0.1) is 19.8 Å². The number of esters is 1. The van der Waals surface area contributed by atoms with Crippen molar-refractivity contribution in [3.05, 3.63) is 41.5 Å². The van der Waals surface area contributed by atoms with E-state index in [9.17, 15) is 9.59 Å². The van der Waals surface area contributed by atoms with E-state index < -0.39 is 6.10 Å². The third-order valence-corrected chi connectivity index (χ3v) is 3.50. The summed E-state index contributed by atoms with van der Waals surface area (Å²) in [6.07, 6.45) is 1.01. The van der Waals surface area contributed by atoms with Crippen molar-refractivity contribution in [2.75, 3.05) is 7.11 Å². The quantitative estimate of drug-likeness (QED) is 0.481. The fourth-order valence-electron chi connectivity index (χ4n) is 2.59. The van der Waals surface area contributed by atoms with Gasteiger partial charge in [0.2, 0.25) is 5.78 Å². The maximum absolute atomic E-state index is 12.6. The highest BCUT2D eigenvalue weighted by molar-refractivity contribution is 6.04. The maximum atomic E-state index is 12.6. The van der Waals surface area contributed by atoms with Crippen LogP contribution in [-0.2, 0) is 9.53 Å². The minimum absolute atomic E-state index is 0.201. The van der Waals surface area contributed by atoms with E-state index in [4.69, 9.17) is 9.47 Å². The number of hydrogen-bond acceptors (Lipinski definition) is 4. The second kappa shape index (κ2) is 5.49. The van der Waals surface area contributed by atoms with E-state index in [-0.39, 0.29) is 24.1 Å². The highest BCUT2D eigenvalue weighted by atomic mass is 16.6. The topological polar surface area (TPSA) is 52.6 Å². The average molecular weight is 274 g/mol. The fraction of sp³-hybridized carbons (Fsp3) is 0.375. The summed E-state index contributed by atoms with van der Waals surface area (Å²) >= 11 is 0. The summed E-state index contributed by atoms with van der Waals surface area (Å²) < 4.78 is 10.5. The van der Waals surface area contributed by atoms with Gasteiger partial charge in [0.15, 0.2) is 6.10 Å². The molecule has 0 unspecified atom stereocenters. The highest BCUT2D eigenvalue weighted by Crippen LogP contribution is 2.31. The van der Waals surface area contributed by atoms with E-state index in [1.807, 2.05) is 19.9 Å². The predicted octanol–water partition coefficient (Wildman–Crippen LogP) is 2.61. The van der Waals surface area contributed by atoms with Gasteiger partial charge in [0, 0.05) is 5.92 Å². The molecule has 2 rings (SSSR count). The molecular formula is C16H18O4. The molecule has 4 nitrogen and oxygen atoms in total. The summed E-state index contributed by atoms with van der Waals surface area (Å²) in [6.45, 7) is 7.46. The molecule has 0 amide bonds. The lowest BCUT2D eigenvalue weighted by Crippen LogP contribution is -2.26. The van der Waals surface area contributed by atoms with Gasteiger partial charge in [-0.15, -0.1) is 6.58 Å². The van der Waals surface area contributed by atoms with Gasteiger partial charge in [-0.1, -0.05) is 12.1 Å². The predicted molar refractivity (Wildman–Crippen MR) is 75.0 cm³/mol. The summed E-state index contributed by atoms with van der Waals surface area (Å²) in [5, 5.41) is 0. The van der Waals surface area contributed by atoms with Crippen molar-refractivity contribution in [1.29, 1.82) is 0 Å². The first kappa shape index (κ1) is 14.3. The number of ketones is 1. The summed E-state index contributed by atoms with van der Waals surface area (Å²) in [6, 6.07) is 3.71. The Morgan fingerprint density at radius 3 is 2.75 bits per heavy atom. The van der Waals surface area contributed by atoms with Crippen LogP contribution >= 0.6 is 0 Å². The Morgan fingerprint density at radius 2 is 2.15 bits per heavy atom. The third kappa shape index (κ3) is 2.46. The maximum Gasteiger partial charge on any atom is 0.307 e. The van der Waals surface area contributed by atoms with Crippen molar-refractivity contribution in [2.24, 2.45) is 5.92 Å². The van der Waals surface area contributed by atoms with Crippen LogP contribution < -0.4 is 4.74 Å². The molecule has 2 atom stereocenters. The normalized spacial score (nSPS) is 21.4. The Bertz CT molecular complexity index is 574. The molecule has 1 aliphatic rings. The van der Waals surface area contributed by atoms with Gasteiger partial charge in [-0.3, -0.25) is 9.59 Å². The SMILES string of the molecule is C=C[C@@H]1CC(=O)O[C@@H]1C(=O)c1cc(C)cc(C)c1OC. The molecule has 0 bridgehead atoms. The molecule has 4 heteroatoms. The van der Waals surface area contributed by atoms with Crippen LogP contribution in [0.3, 0.4) is 0 Å². The van der Waals surface area contributed by atoms with Gasteiger partial charge in [0.05, 0.1) is 19.1 Å². The molecule has 1 fully saturated rings. The monoisotopic (exact) mass is 274 g/mol. The number of benzene rings is 1. The molecule has 0 saturated carbocycles. The lowest BCUT2D eigenvalue weighted by Gasteiger charge is -2.17. The Labute approximate surface area is 118 Å². The minimum atomic E-state index is -0.796. The van der Waals surface area contributed by atoms with E-state index >= 15 is 0 Å². The zero-order valence-electron chi connectivity index (χ0n) is 11.9. The average Bonchev–Trinajstić information content (AvgIpc) is 2.78. The van der Waals surface area contributed by atoms with E-state index in [1.165, 1.54) is 7.11 Å². The molecular weight excluding hydrogens is 256 g/mol.